The molecule has 0 N–H and O–H groups in total. The van der Waals surface area contributed by atoms with Crippen LogP contribution in [0.25, 0.3) is 44.4 Å². The van der Waals surface area contributed by atoms with E-state index in [4.69, 9.17) is 4.98 Å². The molecule has 0 spiro atoms. The molecular formula is C26H23N. The molecule has 0 bridgehead atoms. The molecule has 27 heavy (non-hydrogen) atoms. The summed E-state index contributed by atoms with van der Waals surface area (Å²) in [6.45, 7) is 8.94. The van der Waals surface area contributed by atoms with Crippen LogP contribution in [0.2, 0.25) is 0 Å². The van der Waals surface area contributed by atoms with Crippen LogP contribution in [-0.4, -0.2) is 4.98 Å². The molecule has 0 fully saturated rings. The summed E-state index contributed by atoms with van der Waals surface area (Å²) in [5, 5.41) is 1.30. The maximum atomic E-state index is 5.02. The second-order valence-corrected chi connectivity index (χ2v) is 8.58. The van der Waals surface area contributed by atoms with Gasteiger partial charge < -0.3 is 0 Å². The number of benzene rings is 3. The quantitative estimate of drug-likeness (QED) is 0.313. The molecule has 0 atom stereocenters. The number of hydrogen-bond acceptors (Lipinski definition) is 1. The van der Waals surface area contributed by atoms with E-state index in [2.05, 4.69) is 94.4 Å². The molecule has 1 aliphatic carbocycles. The largest absolute Gasteiger partial charge is 0.248 e. The van der Waals surface area contributed by atoms with E-state index in [1.807, 2.05) is 0 Å². The molecule has 4 aromatic rings. The normalized spacial score (nSPS) is 12.4. The lowest BCUT2D eigenvalue weighted by Crippen LogP contribution is -2.10. The fraction of sp³-hybridized carbons (Fsp3) is 0.192. The van der Waals surface area contributed by atoms with Crippen molar-refractivity contribution in [3.63, 3.8) is 0 Å². The maximum Gasteiger partial charge on any atom is 0.0722 e. The summed E-state index contributed by atoms with van der Waals surface area (Å²) in [5.74, 6) is 0. The number of rotatable bonds is 1. The molecule has 0 saturated carbocycles. The Morgan fingerprint density at radius 1 is 0.741 bits per heavy atom. The number of aromatic nitrogens is 1. The van der Waals surface area contributed by atoms with Crippen LogP contribution in [0.3, 0.4) is 0 Å². The van der Waals surface area contributed by atoms with Gasteiger partial charge in [-0.05, 0) is 57.9 Å². The van der Waals surface area contributed by atoms with Gasteiger partial charge in [-0.1, -0.05) is 75.4 Å². The van der Waals surface area contributed by atoms with E-state index in [0.29, 0.717) is 0 Å². The van der Waals surface area contributed by atoms with Gasteiger partial charge >= 0.3 is 0 Å². The summed E-state index contributed by atoms with van der Waals surface area (Å²) in [4.78, 5) is 5.02. The number of hydrogen-bond donors (Lipinski definition) is 0. The number of pyridine rings is 1. The second kappa shape index (κ2) is 5.53. The molecule has 3 aromatic carbocycles. The first-order chi connectivity index (χ1) is 12.9. The lowest BCUT2D eigenvalue weighted by Gasteiger charge is -2.19. The van der Waals surface area contributed by atoms with Crippen LogP contribution in [0.1, 0.15) is 31.9 Å². The third-order valence-electron chi connectivity index (χ3n) is 5.72. The first-order valence-corrected chi connectivity index (χ1v) is 9.58. The van der Waals surface area contributed by atoms with Gasteiger partial charge in [0.15, 0.2) is 0 Å². The van der Waals surface area contributed by atoms with Gasteiger partial charge in [-0.15, -0.1) is 0 Å². The molecule has 1 aromatic heterocycles. The fourth-order valence-corrected chi connectivity index (χ4v) is 4.22. The van der Waals surface area contributed by atoms with Crippen LogP contribution in [-0.2, 0) is 5.41 Å². The zero-order chi connectivity index (χ0) is 18.8. The average Bonchev–Trinajstić information content (AvgIpc) is 3.00. The van der Waals surface area contributed by atoms with Gasteiger partial charge in [0.25, 0.3) is 0 Å². The lowest BCUT2D eigenvalue weighted by molar-refractivity contribution is 0.590. The summed E-state index contributed by atoms with van der Waals surface area (Å²) in [6.07, 6.45) is 0. The predicted octanol–water partition coefficient (Wildman–Crippen LogP) is 7.16. The topological polar surface area (TPSA) is 12.9 Å². The maximum absolute atomic E-state index is 5.02. The third-order valence-corrected chi connectivity index (χ3v) is 5.72. The highest BCUT2D eigenvalue weighted by atomic mass is 14.7. The van der Waals surface area contributed by atoms with Crippen molar-refractivity contribution < 1.29 is 0 Å². The molecule has 5 rings (SSSR count). The van der Waals surface area contributed by atoms with E-state index in [0.717, 1.165) is 11.2 Å². The molecule has 0 radical (unpaired) electrons. The van der Waals surface area contributed by atoms with Gasteiger partial charge in [-0.3, -0.25) is 0 Å². The Morgan fingerprint density at radius 3 is 2.15 bits per heavy atom. The molecule has 1 nitrogen and oxygen atoms in total. The van der Waals surface area contributed by atoms with E-state index in [1.165, 1.54) is 44.3 Å². The van der Waals surface area contributed by atoms with Gasteiger partial charge in [0, 0.05) is 10.9 Å². The number of nitrogens with zero attached hydrogens (tertiary/aromatic N) is 1. The van der Waals surface area contributed by atoms with Gasteiger partial charge in [0.2, 0.25) is 0 Å². The molecule has 0 aliphatic heterocycles. The molecule has 132 valence electrons. The second-order valence-electron chi connectivity index (χ2n) is 8.58. The van der Waals surface area contributed by atoms with Crippen LogP contribution in [0.15, 0.2) is 66.7 Å². The van der Waals surface area contributed by atoms with E-state index >= 15 is 0 Å². The first kappa shape index (κ1) is 16.3. The predicted molar refractivity (Wildman–Crippen MR) is 115 cm³/mol. The zero-order valence-electron chi connectivity index (χ0n) is 16.3. The Hall–Kier alpha value is -2.93. The van der Waals surface area contributed by atoms with Crippen LogP contribution < -0.4 is 0 Å². The third kappa shape index (κ3) is 2.42. The molecule has 0 saturated heterocycles. The standard InChI is InChI=1S/C26H23N/c1-16-9-14-22-25-21(19-7-5-6-8-20(19)24(16)25)15-23(27-22)17-10-12-18(13-11-17)26(2,3)4/h5-15H,1-4H3. The van der Waals surface area contributed by atoms with Crippen molar-refractivity contribution in [3.05, 3.63) is 77.9 Å². The summed E-state index contributed by atoms with van der Waals surface area (Å²) >= 11 is 0. The Labute approximate surface area is 160 Å². The van der Waals surface area contributed by atoms with Crippen molar-refractivity contribution in [2.24, 2.45) is 0 Å². The Kier molecular flexibility index (Phi) is 3.33. The number of fused-ring (bicyclic) bond motifs is 3. The Balaban J connectivity index is 1.75. The lowest BCUT2D eigenvalue weighted by atomic mass is 9.86. The molecular weight excluding hydrogens is 326 g/mol. The average molecular weight is 349 g/mol. The monoisotopic (exact) mass is 349 g/mol. The summed E-state index contributed by atoms with van der Waals surface area (Å²) < 4.78 is 0. The highest BCUT2D eigenvalue weighted by Gasteiger charge is 2.24. The number of aryl methyl sites for hydroxylation is 1. The minimum Gasteiger partial charge on any atom is -0.248 e. The van der Waals surface area contributed by atoms with Gasteiger partial charge in [0.05, 0.1) is 11.2 Å². The van der Waals surface area contributed by atoms with Crippen LogP contribution in [0, 0.1) is 6.92 Å². The van der Waals surface area contributed by atoms with Crippen molar-refractivity contribution in [2.45, 2.75) is 33.1 Å². The van der Waals surface area contributed by atoms with E-state index in [9.17, 15) is 0 Å². The molecule has 0 amide bonds. The Morgan fingerprint density at radius 2 is 1.44 bits per heavy atom. The first-order valence-electron chi connectivity index (χ1n) is 9.58. The molecule has 0 unspecified atom stereocenters. The van der Waals surface area contributed by atoms with E-state index < -0.39 is 0 Å². The molecule has 1 heterocycles. The van der Waals surface area contributed by atoms with Crippen LogP contribution >= 0.6 is 0 Å². The van der Waals surface area contributed by atoms with Gasteiger partial charge in [0.1, 0.15) is 0 Å². The minimum atomic E-state index is 0.161. The van der Waals surface area contributed by atoms with E-state index in [-0.39, 0.29) is 5.41 Å². The summed E-state index contributed by atoms with van der Waals surface area (Å²) in [5.41, 5.74) is 11.4. The highest BCUT2D eigenvalue weighted by Crippen LogP contribution is 2.49. The van der Waals surface area contributed by atoms with Crippen LogP contribution in [0.4, 0.5) is 0 Å². The van der Waals surface area contributed by atoms with Crippen molar-refractivity contribution in [2.75, 3.05) is 0 Å². The smallest absolute Gasteiger partial charge is 0.0722 e. The van der Waals surface area contributed by atoms with Crippen molar-refractivity contribution in [1.29, 1.82) is 0 Å². The zero-order valence-corrected chi connectivity index (χ0v) is 16.3. The van der Waals surface area contributed by atoms with Crippen LogP contribution in [0.5, 0.6) is 0 Å². The van der Waals surface area contributed by atoms with E-state index in [1.54, 1.807) is 0 Å². The van der Waals surface area contributed by atoms with Crippen molar-refractivity contribution >= 4 is 10.9 Å². The van der Waals surface area contributed by atoms with Crippen molar-refractivity contribution in [1.82, 2.24) is 4.98 Å². The SMILES string of the molecule is Cc1ccc2nc(-c3ccc(C(C)(C)C)cc3)cc3c2c1-c1ccccc1-3. The highest BCUT2D eigenvalue weighted by molar-refractivity contribution is 6.15. The summed E-state index contributed by atoms with van der Waals surface area (Å²) in [7, 11) is 0. The van der Waals surface area contributed by atoms with Crippen molar-refractivity contribution in [3.8, 4) is 33.5 Å². The van der Waals surface area contributed by atoms with Gasteiger partial charge in [-0.2, -0.15) is 0 Å². The molecule has 1 aliphatic rings. The summed E-state index contributed by atoms with van der Waals surface area (Å²) in [6, 6.07) is 24.2. The minimum absolute atomic E-state index is 0.161. The fourth-order valence-electron chi connectivity index (χ4n) is 4.22. The van der Waals surface area contributed by atoms with Gasteiger partial charge in [-0.25, -0.2) is 4.98 Å². The Bertz CT molecular complexity index is 1190. The molecule has 1 heteroatoms.